The van der Waals surface area contributed by atoms with Gasteiger partial charge in [-0.25, -0.2) is 9.13 Å². The van der Waals surface area contributed by atoms with Crippen LogP contribution >= 0.6 is 7.81 Å². The Bertz CT molecular complexity index is 620. The van der Waals surface area contributed by atoms with Crippen molar-refractivity contribution in [2.24, 2.45) is 0 Å². The molecule has 230 valence electrons. The van der Waals surface area contributed by atoms with E-state index in [9.17, 15) is 25.2 Å². The second kappa shape index (κ2) is 20.1. The number of rotatable bonds is 24. The topological polar surface area (TPSA) is 27.3 Å². The molecule has 11 heteroatoms. The van der Waals surface area contributed by atoms with Gasteiger partial charge in [-0.2, -0.15) is 0 Å². The fourth-order valence-corrected chi connectivity index (χ4v) is 3.96. The molecule has 1 aromatic rings. The van der Waals surface area contributed by atoms with Crippen LogP contribution in [0.4, 0.5) is 25.2 Å². The SMILES string of the molecule is CCCCCCCCCCCOCn1cc[n+](COCCCCCCCCCCC)c1.F[P-](F)(F)(F)(F)F. The summed E-state index contributed by atoms with van der Waals surface area (Å²) in [6, 6.07) is 0. The Kier molecular flexibility index (Phi) is 19.6. The molecule has 0 aliphatic heterocycles. The van der Waals surface area contributed by atoms with Crippen LogP contribution in [0.25, 0.3) is 0 Å². The van der Waals surface area contributed by atoms with Gasteiger partial charge in [0, 0.05) is 0 Å². The quantitative estimate of drug-likeness (QED) is 0.0525. The van der Waals surface area contributed by atoms with E-state index in [4.69, 9.17) is 9.47 Å². The molecule has 4 nitrogen and oxygen atoms in total. The third kappa shape index (κ3) is 35.1. The molecule has 0 bridgehead atoms. The number of aromatic nitrogens is 2. The standard InChI is InChI=1S/C27H53N2O2.F6P/c1-3-5-7-9-11-13-15-17-19-23-30-26-28-21-22-29(25-28)27-31-24-20-18-16-14-12-10-8-6-4-2;1-7(2,3,4,5)6/h21-22,25H,3-20,23-24,26-27H2,1-2H3;/q+1;-1. The summed E-state index contributed by atoms with van der Waals surface area (Å²) in [5, 5.41) is 0. The first-order valence-corrected chi connectivity index (χ1v) is 16.6. The van der Waals surface area contributed by atoms with Crippen molar-refractivity contribution in [3.8, 4) is 0 Å². The van der Waals surface area contributed by atoms with Crippen molar-refractivity contribution in [1.82, 2.24) is 4.57 Å². The normalized spacial score (nSPS) is 13.6. The van der Waals surface area contributed by atoms with Crippen LogP contribution < -0.4 is 4.57 Å². The fraction of sp³-hybridized carbons (Fsp3) is 0.889. The minimum absolute atomic E-state index is 0.641. The van der Waals surface area contributed by atoms with Gasteiger partial charge in [-0.15, -0.1) is 0 Å². The van der Waals surface area contributed by atoms with Crippen LogP contribution in [-0.4, -0.2) is 17.8 Å². The van der Waals surface area contributed by atoms with E-state index in [0.29, 0.717) is 13.5 Å². The van der Waals surface area contributed by atoms with Crippen LogP contribution in [0.5, 0.6) is 0 Å². The third-order valence-electron chi connectivity index (χ3n) is 6.01. The predicted octanol–water partition coefficient (Wildman–Crippen LogP) is 11.2. The van der Waals surface area contributed by atoms with E-state index in [0.717, 1.165) is 13.2 Å². The second-order valence-electron chi connectivity index (χ2n) is 10.1. The van der Waals surface area contributed by atoms with Crippen molar-refractivity contribution < 1.29 is 39.2 Å². The molecule has 0 saturated heterocycles. The third-order valence-corrected chi connectivity index (χ3v) is 6.01. The van der Waals surface area contributed by atoms with Crippen LogP contribution in [0.2, 0.25) is 0 Å². The number of nitrogens with zero attached hydrogens (tertiary/aromatic N) is 2. The van der Waals surface area contributed by atoms with Crippen LogP contribution in [0, 0.1) is 0 Å². The molecule has 0 unspecified atom stereocenters. The molecule has 1 rings (SSSR count). The summed E-state index contributed by atoms with van der Waals surface area (Å²) in [5.74, 6) is 0. The Hall–Kier alpha value is -0.860. The average molecular weight is 583 g/mol. The number of hydrogen-bond donors (Lipinski definition) is 0. The molecule has 0 radical (unpaired) electrons. The van der Waals surface area contributed by atoms with Gasteiger partial charge in [0.05, 0.1) is 13.2 Å². The Balaban J connectivity index is 0.00000171. The molecule has 0 atom stereocenters. The van der Waals surface area contributed by atoms with E-state index in [1.165, 1.54) is 116 Å². The molecule has 38 heavy (non-hydrogen) atoms. The number of halogens is 6. The minimum atomic E-state index is -10.7. The maximum atomic E-state index is 9.87. The van der Waals surface area contributed by atoms with E-state index < -0.39 is 7.81 Å². The molecule has 1 aromatic heterocycles. The van der Waals surface area contributed by atoms with Crippen LogP contribution in [0.15, 0.2) is 18.7 Å². The van der Waals surface area contributed by atoms with E-state index in [1.807, 2.05) is 0 Å². The van der Waals surface area contributed by atoms with Crippen molar-refractivity contribution in [3.63, 3.8) is 0 Å². The van der Waals surface area contributed by atoms with Crippen molar-refractivity contribution in [1.29, 1.82) is 0 Å². The van der Waals surface area contributed by atoms with Gasteiger partial charge in [0.2, 0.25) is 6.33 Å². The van der Waals surface area contributed by atoms with E-state index in [1.54, 1.807) is 0 Å². The molecule has 0 amide bonds. The first-order valence-electron chi connectivity index (χ1n) is 14.6. The molecule has 0 spiro atoms. The van der Waals surface area contributed by atoms with E-state index in [2.05, 4.69) is 41.7 Å². The Labute approximate surface area is 226 Å². The Morgan fingerprint density at radius 2 is 0.947 bits per heavy atom. The van der Waals surface area contributed by atoms with E-state index >= 15 is 0 Å². The van der Waals surface area contributed by atoms with Gasteiger partial charge in [0.1, 0.15) is 12.4 Å². The van der Waals surface area contributed by atoms with Gasteiger partial charge in [-0.3, -0.25) is 0 Å². The van der Waals surface area contributed by atoms with Crippen LogP contribution in [0.3, 0.4) is 0 Å². The first-order chi connectivity index (χ1) is 17.8. The summed E-state index contributed by atoms with van der Waals surface area (Å²) < 4.78 is 75.0. The maximum absolute atomic E-state index is 10.7. The molecule has 0 N–H and O–H groups in total. The molecular formula is C27H53F6N2O2P. The Morgan fingerprint density at radius 1 is 0.579 bits per heavy atom. The summed E-state index contributed by atoms with van der Waals surface area (Å²) in [4.78, 5) is 0. The zero-order chi connectivity index (χ0) is 28.7. The number of imidazole rings is 1. The predicted molar refractivity (Wildman–Crippen MR) is 145 cm³/mol. The zero-order valence-electron chi connectivity index (χ0n) is 23.7. The van der Waals surface area contributed by atoms with Gasteiger partial charge < -0.3 is 9.47 Å². The summed E-state index contributed by atoms with van der Waals surface area (Å²) in [7, 11) is -10.7. The van der Waals surface area contributed by atoms with Crippen molar-refractivity contribution >= 4 is 7.81 Å². The van der Waals surface area contributed by atoms with Gasteiger partial charge in [0.25, 0.3) is 0 Å². The summed E-state index contributed by atoms with van der Waals surface area (Å²) >= 11 is 0. The van der Waals surface area contributed by atoms with Crippen LogP contribution in [0.1, 0.15) is 129 Å². The zero-order valence-corrected chi connectivity index (χ0v) is 24.6. The fourth-order valence-electron chi connectivity index (χ4n) is 3.96. The molecular weight excluding hydrogens is 529 g/mol. The number of unbranched alkanes of at least 4 members (excludes halogenated alkanes) is 16. The molecule has 0 aliphatic rings. The molecule has 1 heterocycles. The number of ether oxygens (including phenoxy) is 2. The van der Waals surface area contributed by atoms with Gasteiger partial charge >= 0.3 is 33.0 Å². The molecule has 0 fully saturated rings. The van der Waals surface area contributed by atoms with Crippen molar-refractivity contribution in [2.45, 2.75) is 143 Å². The van der Waals surface area contributed by atoms with Gasteiger partial charge in [-0.05, 0) is 12.8 Å². The second-order valence-corrected chi connectivity index (χ2v) is 12.0. The summed E-state index contributed by atoms with van der Waals surface area (Å²) in [5.41, 5.74) is 0. The summed E-state index contributed by atoms with van der Waals surface area (Å²) in [6.45, 7) is 7.57. The van der Waals surface area contributed by atoms with Crippen molar-refractivity contribution in [2.75, 3.05) is 13.2 Å². The first kappa shape index (κ1) is 37.1. The molecule has 0 saturated carbocycles. The Morgan fingerprint density at radius 3 is 1.37 bits per heavy atom. The average Bonchev–Trinajstić information content (AvgIpc) is 3.26. The molecule has 0 aromatic carbocycles. The van der Waals surface area contributed by atoms with Gasteiger partial charge in [-0.1, -0.05) is 117 Å². The van der Waals surface area contributed by atoms with E-state index in [-0.39, 0.29) is 0 Å². The molecule has 0 aliphatic carbocycles. The number of hydrogen-bond acceptors (Lipinski definition) is 2. The van der Waals surface area contributed by atoms with Gasteiger partial charge in [0.15, 0.2) is 13.5 Å². The van der Waals surface area contributed by atoms with Crippen LogP contribution in [-0.2, 0) is 22.9 Å². The summed E-state index contributed by atoms with van der Waals surface area (Å²) in [6.07, 6.45) is 30.6. The monoisotopic (exact) mass is 582 g/mol. The van der Waals surface area contributed by atoms with Crippen molar-refractivity contribution in [3.05, 3.63) is 18.7 Å².